The molecule has 0 atom stereocenters. The van der Waals surface area contributed by atoms with E-state index in [0.717, 1.165) is 88.9 Å². The van der Waals surface area contributed by atoms with E-state index in [2.05, 4.69) is 50.8 Å². The standard InChI is InChI=1S/C31H30N3O3/c1-2-8-32(7-1)19-13-22-28-23(14-19)36-25-16-21(34-11-5-6-12-34)18-27-30(25)31(28)29-24(35-22)15-20(17-26(29)37-27)33-9-3-4-10-33/h13-18H,1-12H2/q+1. The molecule has 0 bridgehead atoms. The van der Waals surface area contributed by atoms with Crippen LogP contribution in [0.2, 0.25) is 0 Å². The van der Waals surface area contributed by atoms with Crippen molar-refractivity contribution in [2.24, 2.45) is 0 Å². The summed E-state index contributed by atoms with van der Waals surface area (Å²) in [5.41, 5.74) is 7.77. The second-order valence-corrected chi connectivity index (χ2v) is 11.2. The molecule has 0 N–H and O–H groups in total. The summed E-state index contributed by atoms with van der Waals surface area (Å²) in [6.45, 7) is 6.51. The predicted molar refractivity (Wildman–Crippen MR) is 149 cm³/mol. The van der Waals surface area contributed by atoms with Crippen molar-refractivity contribution in [2.75, 3.05) is 49.1 Å². The average Bonchev–Trinajstić information content (AvgIpc) is 3.71. The van der Waals surface area contributed by atoms with Crippen molar-refractivity contribution in [1.82, 2.24) is 4.58 Å². The molecule has 9 rings (SSSR count). The molecule has 3 saturated heterocycles. The van der Waals surface area contributed by atoms with Crippen molar-refractivity contribution < 1.29 is 13.3 Å². The van der Waals surface area contributed by atoms with Gasteiger partial charge in [-0.2, -0.15) is 0 Å². The fourth-order valence-electron chi connectivity index (χ4n) is 7.15. The largest absolute Gasteiger partial charge is 0.456 e. The summed E-state index contributed by atoms with van der Waals surface area (Å²) in [4.78, 5) is 4.92. The van der Waals surface area contributed by atoms with Gasteiger partial charge in [0.05, 0.1) is 28.3 Å². The van der Waals surface area contributed by atoms with Crippen LogP contribution in [-0.2, 0) is 0 Å². The molecule has 3 aliphatic rings. The molecule has 0 radical (unpaired) electrons. The molecule has 6 heterocycles. The Bertz CT molecular complexity index is 1780. The smallest absolute Gasteiger partial charge is 0.207 e. The summed E-state index contributed by atoms with van der Waals surface area (Å²) in [5.74, 6) is 0. The molecule has 0 saturated carbocycles. The molecule has 6 heteroatoms. The molecule has 6 aromatic rings. The van der Waals surface area contributed by atoms with E-state index in [-0.39, 0.29) is 0 Å². The van der Waals surface area contributed by atoms with Crippen molar-refractivity contribution in [3.05, 3.63) is 41.8 Å². The molecule has 0 aliphatic carbocycles. The van der Waals surface area contributed by atoms with Gasteiger partial charge in [0, 0.05) is 80.0 Å². The van der Waals surface area contributed by atoms with Gasteiger partial charge in [0.2, 0.25) is 5.36 Å². The van der Waals surface area contributed by atoms with E-state index in [1.807, 2.05) is 0 Å². The van der Waals surface area contributed by atoms with Gasteiger partial charge in [-0.25, -0.2) is 4.58 Å². The Kier molecular flexibility index (Phi) is 4.10. The van der Waals surface area contributed by atoms with E-state index in [9.17, 15) is 0 Å². The minimum absolute atomic E-state index is 0.897. The fraction of sp³-hybridized carbons (Fsp3) is 0.387. The Morgan fingerprint density at radius 2 is 0.838 bits per heavy atom. The second-order valence-electron chi connectivity index (χ2n) is 11.2. The minimum atomic E-state index is 0.897. The van der Waals surface area contributed by atoms with Crippen LogP contribution in [0, 0.1) is 0 Å². The van der Waals surface area contributed by atoms with Gasteiger partial charge < -0.3 is 23.1 Å². The van der Waals surface area contributed by atoms with Crippen LogP contribution in [0.5, 0.6) is 0 Å². The molecule has 0 unspecified atom stereocenters. The molecule has 3 aliphatic heterocycles. The Morgan fingerprint density at radius 3 is 1.24 bits per heavy atom. The molecule has 6 nitrogen and oxygen atoms in total. The molecule has 0 spiro atoms. The van der Waals surface area contributed by atoms with Crippen LogP contribution in [-0.4, -0.2) is 39.3 Å². The quantitative estimate of drug-likeness (QED) is 0.158. The topological polar surface area (TPSA) is 48.9 Å². The first-order valence-electron chi connectivity index (χ1n) is 14.0. The Hall–Kier alpha value is -3.67. The highest BCUT2D eigenvalue weighted by Gasteiger charge is 2.26. The number of nitrogens with zero attached hydrogens (tertiary/aromatic N) is 3. The molecule has 37 heavy (non-hydrogen) atoms. The summed E-state index contributed by atoms with van der Waals surface area (Å²) < 4.78 is 22.6. The fourth-order valence-corrected chi connectivity index (χ4v) is 7.15. The Labute approximate surface area is 213 Å². The van der Waals surface area contributed by atoms with Gasteiger partial charge >= 0.3 is 0 Å². The van der Waals surface area contributed by atoms with E-state index < -0.39 is 0 Å². The SMILES string of the molecule is c1c(N2CCCC2)cc2oc3cc(=[N+]4CCCC4)cc4oc5cc(N6CCCC6)cc6oc1c2c(c65)c34. The first-order chi connectivity index (χ1) is 18.3. The lowest BCUT2D eigenvalue weighted by atomic mass is 9.98. The van der Waals surface area contributed by atoms with Crippen molar-refractivity contribution in [3.8, 4) is 0 Å². The van der Waals surface area contributed by atoms with Gasteiger partial charge in [-0.05, 0) is 25.7 Å². The van der Waals surface area contributed by atoms with E-state index in [0.29, 0.717) is 0 Å². The first kappa shape index (κ1) is 20.4. The highest BCUT2D eigenvalue weighted by Crippen LogP contribution is 2.46. The van der Waals surface area contributed by atoms with Gasteiger partial charge in [-0.1, -0.05) is 0 Å². The molecule has 0 amide bonds. The number of hydrogen-bond donors (Lipinski definition) is 0. The predicted octanol–water partition coefficient (Wildman–Crippen LogP) is 6.44. The third-order valence-electron chi connectivity index (χ3n) is 8.98. The number of rotatable bonds is 2. The Morgan fingerprint density at radius 1 is 0.459 bits per heavy atom. The lowest BCUT2D eigenvalue weighted by molar-refractivity contribution is 0.630. The summed E-state index contributed by atoms with van der Waals surface area (Å²) in [5, 5.41) is 5.60. The third-order valence-corrected chi connectivity index (χ3v) is 8.98. The van der Waals surface area contributed by atoms with Crippen LogP contribution < -0.4 is 19.7 Å². The highest BCUT2D eigenvalue weighted by atomic mass is 16.4. The van der Waals surface area contributed by atoms with Crippen LogP contribution in [0.3, 0.4) is 0 Å². The van der Waals surface area contributed by atoms with Crippen LogP contribution in [0.25, 0.3) is 55.0 Å². The van der Waals surface area contributed by atoms with E-state index in [4.69, 9.17) is 13.3 Å². The van der Waals surface area contributed by atoms with E-state index in [1.165, 1.54) is 60.6 Å². The monoisotopic (exact) mass is 492 g/mol. The van der Waals surface area contributed by atoms with Crippen molar-refractivity contribution in [3.63, 3.8) is 0 Å². The van der Waals surface area contributed by atoms with Gasteiger partial charge in [0.1, 0.15) is 46.6 Å². The minimum Gasteiger partial charge on any atom is -0.456 e. The van der Waals surface area contributed by atoms with Crippen LogP contribution in [0.4, 0.5) is 11.4 Å². The van der Waals surface area contributed by atoms with E-state index >= 15 is 0 Å². The summed E-state index contributed by atoms with van der Waals surface area (Å²) in [6.07, 6.45) is 7.41. The first-order valence-corrected chi connectivity index (χ1v) is 14.0. The zero-order chi connectivity index (χ0) is 24.1. The zero-order valence-corrected chi connectivity index (χ0v) is 21.0. The maximum atomic E-state index is 6.71. The molecular formula is C31H30N3O3+. The van der Waals surface area contributed by atoms with Crippen LogP contribution >= 0.6 is 0 Å². The van der Waals surface area contributed by atoms with Crippen LogP contribution in [0.15, 0.2) is 49.6 Å². The molecule has 3 aromatic heterocycles. The lowest BCUT2D eigenvalue weighted by Crippen LogP contribution is -2.26. The second kappa shape index (κ2) is 7.44. The van der Waals surface area contributed by atoms with Gasteiger partial charge in [0.15, 0.2) is 0 Å². The van der Waals surface area contributed by atoms with Crippen LogP contribution in [0.1, 0.15) is 38.5 Å². The number of hydrogen-bond acceptors (Lipinski definition) is 5. The highest BCUT2D eigenvalue weighted by molar-refractivity contribution is 6.32. The third kappa shape index (κ3) is 2.90. The van der Waals surface area contributed by atoms with Crippen molar-refractivity contribution in [2.45, 2.75) is 38.5 Å². The van der Waals surface area contributed by atoms with Gasteiger partial charge in [-0.3, -0.25) is 0 Å². The zero-order valence-electron chi connectivity index (χ0n) is 21.0. The Balaban J connectivity index is 1.46. The normalized spacial score (nSPS) is 19.0. The molecular weight excluding hydrogens is 462 g/mol. The molecule has 186 valence electrons. The van der Waals surface area contributed by atoms with Gasteiger partial charge in [-0.15, -0.1) is 0 Å². The maximum absolute atomic E-state index is 6.71. The molecule has 3 fully saturated rings. The average molecular weight is 493 g/mol. The van der Waals surface area contributed by atoms with E-state index in [1.54, 1.807) is 0 Å². The summed E-state index contributed by atoms with van der Waals surface area (Å²) >= 11 is 0. The molecule has 3 aromatic carbocycles. The van der Waals surface area contributed by atoms with Crippen molar-refractivity contribution >= 4 is 66.4 Å². The maximum Gasteiger partial charge on any atom is 0.207 e. The lowest BCUT2D eigenvalue weighted by Gasteiger charge is -2.22. The number of anilines is 2. The summed E-state index contributed by atoms with van der Waals surface area (Å²) in [7, 11) is 0. The summed E-state index contributed by atoms with van der Waals surface area (Å²) in [6, 6.07) is 13.4. The van der Waals surface area contributed by atoms with Gasteiger partial charge in [0.25, 0.3) is 0 Å². The number of benzene rings is 3. The van der Waals surface area contributed by atoms with Crippen molar-refractivity contribution in [1.29, 1.82) is 0 Å².